The maximum absolute atomic E-state index is 13.5. The topological polar surface area (TPSA) is 93.2 Å². The number of halogens is 2. The van der Waals surface area contributed by atoms with Gasteiger partial charge in [0.25, 0.3) is 5.91 Å². The van der Waals surface area contributed by atoms with Crippen molar-refractivity contribution >= 4 is 11.6 Å². The van der Waals surface area contributed by atoms with E-state index in [1.165, 1.54) is 0 Å². The van der Waals surface area contributed by atoms with Gasteiger partial charge in [0.15, 0.2) is 11.6 Å². The SMILES string of the molecule is Cc1noc(C)c1CNC(=O)c1cc(F)c(NN)c(F)c1. The first kappa shape index (κ1) is 14.9. The fourth-order valence-corrected chi connectivity index (χ4v) is 1.87. The molecular weight excluding hydrogens is 282 g/mol. The summed E-state index contributed by atoms with van der Waals surface area (Å²) in [5.41, 5.74) is 2.64. The highest BCUT2D eigenvalue weighted by Gasteiger charge is 2.16. The third-order valence-electron chi connectivity index (χ3n) is 3.06. The lowest BCUT2D eigenvalue weighted by Crippen LogP contribution is -2.24. The van der Waals surface area contributed by atoms with Gasteiger partial charge in [0.1, 0.15) is 11.4 Å². The summed E-state index contributed by atoms with van der Waals surface area (Å²) >= 11 is 0. The normalized spacial score (nSPS) is 10.5. The Morgan fingerprint density at radius 2 is 1.95 bits per heavy atom. The van der Waals surface area contributed by atoms with Gasteiger partial charge in [-0.1, -0.05) is 5.16 Å². The van der Waals surface area contributed by atoms with Crippen LogP contribution in [0.25, 0.3) is 0 Å². The third kappa shape index (κ3) is 3.00. The number of benzene rings is 1. The fourth-order valence-electron chi connectivity index (χ4n) is 1.87. The molecule has 0 aliphatic rings. The third-order valence-corrected chi connectivity index (χ3v) is 3.06. The standard InChI is InChI=1S/C13H14F2N4O2/c1-6-9(7(2)21-19-6)5-17-13(20)8-3-10(14)12(18-16)11(15)4-8/h3-4,18H,5,16H2,1-2H3,(H,17,20). The first-order valence-corrected chi connectivity index (χ1v) is 6.09. The van der Waals surface area contributed by atoms with E-state index in [1.807, 2.05) is 5.43 Å². The number of rotatable bonds is 4. The Morgan fingerprint density at radius 3 is 2.43 bits per heavy atom. The van der Waals surface area contributed by atoms with Crippen LogP contribution in [0.15, 0.2) is 16.7 Å². The van der Waals surface area contributed by atoms with Crippen molar-refractivity contribution in [1.29, 1.82) is 0 Å². The molecule has 2 rings (SSSR count). The molecule has 6 nitrogen and oxygen atoms in total. The van der Waals surface area contributed by atoms with Gasteiger partial charge in [0.05, 0.1) is 5.69 Å². The van der Waals surface area contributed by atoms with Crippen molar-refractivity contribution < 1.29 is 18.1 Å². The largest absolute Gasteiger partial charge is 0.361 e. The highest BCUT2D eigenvalue weighted by atomic mass is 19.1. The zero-order valence-corrected chi connectivity index (χ0v) is 11.5. The van der Waals surface area contributed by atoms with E-state index in [4.69, 9.17) is 10.4 Å². The van der Waals surface area contributed by atoms with Crippen molar-refractivity contribution in [2.24, 2.45) is 5.84 Å². The summed E-state index contributed by atoms with van der Waals surface area (Å²) < 4.78 is 32.0. The molecule has 0 aliphatic heterocycles. The number of amides is 1. The number of hydrazine groups is 1. The van der Waals surface area contributed by atoms with E-state index >= 15 is 0 Å². The van der Waals surface area contributed by atoms with Gasteiger partial charge >= 0.3 is 0 Å². The molecule has 4 N–H and O–H groups in total. The van der Waals surface area contributed by atoms with E-state index in [-0.39, 0.29) is 12.1 Å². The highest BCUT2D eigenvalue weighted by molar-refractivity contribution is 5.94. The minimum absolute atomic E-state index is 0.143. The Hall–Kier alpha value is -2.48. The van der Waals surface area contributed by atoms with E-state index in [0.29, 0.717) is 11.5 Å². The number of nitrogens with zero attached hydrogens (tertiary/aromatic N) is 1. The van der Waals surface area contributed by atoms with Crippen molar-refractivity contribution in [2.75, 3.05) is 5.43 Å². The second-order valence-corrected chi connectivity index (χ2v) is 4.44. The van der Waals surface area contributed by atoms with Gasteiger partial charge in [-0.2, -0.15) is 0 Å². The number of anilines is 1. The van der Waals surface area contributed by atoms with Crippen LogP contribution in [0.5, 0.6) is 0 Å². The van der Waals surface area contributed by atoms with Crippen molar-refractivity contribution in [1.82, 2.24) is 10.5 Å². The summed E-state index contributed by atoms with van der Waals surface area (Å²) in [4.78, 5) is 11.9. The quantitative estimate of drug-likeness (QED) is 0.591. The molecule has 0 atom stereocenters. The molecule has 112 valence electrons. The first-order chi connectivity index (χ1) is 9.93. The van der Waals surface area contributed by atoms with Gasteiger partial charge < -0.3 is 15.3 Å². The van der Waals surface area contributed by atoms with E-state index in [9.17, 15) is 13.6 Å². The van der Waals surface area contributed by atoms with Crippen LogP contribution in [0.4, 0.5) is 14.5 Å². The maximum atomic E-state index is 13.5. The molecule has 0 aliphatic carbocycles. The monoisotopic (exact) mass is 296 g/mol. The Morgan fingerprint density at radius 1 is 1.33 bits per heavy atom. The Balaban J connectivity index is 2.14. The van der Waals surface area contributed by atoms with Crippen LogP contribution >= 0.6 is 0 Å². The van der Waals surface area contributed by atoms with Crippen LogP contribution in [0.1, 0.15) is 27.4 Å². The van der Waals surface area contributed by atoms with Gasteiger partial charge in [-0.15, -0.1) is 0 Å². The van der Waals surface area contributed by atoms with Crippen molar-refractivity contribution in [3.63, 3.8) is 0 Å². The van der Waals surface area contributed by atoms with Crippen molar-refractivity contribution in [3.05, 3.63) is 46.3 Å². The Bertz CT molecular complexity index is 642. The Labute approximate surface area is 119 Å². The zero-order chi connectivity index (χ0) is 15.6. The summed E-state index contributed by atoms with van der Waals surface area (Å²) in [6.07, 6.45) is 0. The number of nitrogens with one attached hydrogen (secondary N) is 2. The van der Waals surface area contributed by atoms with E-state index < -0.39 is 23.2 Å². The molecule has 1 aromatic carbocycles. The number of hydrogen-bond acceptors (Lipinski definition) is 5. The summed E-state index contributed by atoms with van der Waals surface area (Å²) in [5, 5.41) is 6.30. The molecule has 0 saturated heterocycles. The molecule has 0 unspecified atom stereocenters. The Kier molecular flexibility index (Phi) is 4.18. The summed E-state index contributed by atoms with van der Waals surface area (Å²) in [6.45, 7) is 3.60. The van der Waals surface area contributed by atoms with Crippen molar-refractivity contribution in [2.45, 2.75) is 20.4 Å². The lowest BCUT2D eigenvalue weighted by atomic mass is 10.1. The molecule has 1 amide bonds. The number of hydrogen-bond donors (Lipinski definition) is 3. The number of nitrogen functional groups attached to an aromatic ring is 1. The van der Waals surface area contributed by atoms with Gasteiger partial charge in [-0.25, -0.2) is 8.78 Å². The van der Waals surface area contributed by atoms with Crippen LogP contribution in [0.2, 0.25) is 0 Å². The van der Waals surface area contributed by atoms with Gasteiger partial charge in [0.2, 0.25) is 0 Å². The minimum atomic E-state index is -0.944. The van der Waals surface area contributed by atoms with Gasteiger partial charge in [-0.3, -0.25) is 10.6 Å². The average Bonchev–Trinajstić information content (AvgIpc) is 2.75. The molecule has 0 saturated carbocycles. The summed E-state index contributed by atoms with van der Waals surface area (Å²) in [5.74, 6) is 3.06. The van der Waals surface area contributed by atoms with E-state index in [1.54, 1.807) is 13.8 Å². The predicted octanol–water partition coefficient (Wildman–Crippen LogP) is 1.79. The number of aromatic nitrogens is 1. The molecule has 21 heavy (non-hydrogen) atoms. The molecule has 0 bridgehead atoms. The molecule has 0 fully saturated rings. The van der Waals surface area contributed by atoms with Gasteiger partial charge in [0, 0.05) is 17.7 Å². The second-order valence-electron chi connectivity index (χ2n) is 4.44. The van der Waals surface area contributed by atoms with Crippen molar-refractivity contribution in [3.8, 4) is 0 Å². The lowest BCUT2D eigenvalue weighted by molar-refractivity contribution is 0.0950. The number of carbonyl (C=O) groups is 1. The molecule has 8 heteroatoms. The van der Waals surface area contributed by atoms with E-state index in [0.717, 1.165) is 17.7 Å². The molecule has 1 aromatic heterocycles. The summed E-state index contributed by atoms with van der Waals surface area (Å²) in [7, 11) is 0. The van der Waals surface area contributed by atoms with Crippen LogP contribution < -0.4 is 16.6 Å². The number of aryl methyl sites for hydroxylation is 2. The van der Waals surface area contributed by atoms with Crippen LogP contribution in [0, 0.1) is 25.5 Å². The number of carbonyl (C=O) groups excluding carboxylic acids is 1. The van der Waals surface area contributed by atoms with Crippen LogP contribution in [-0.2, 0) is 6.54 Å². The van der Waals surface area contributed by atoms with Crippen LogP contribution in [-0.4, -0.2) is 11.1 Å². The fraction of sp³-hybridized carbons (Fsp3) is 0.231. The van der Waals surface area contributed by atoms with E-state index in [2.05, 4.69) is 10.5 Å². The highest BCUT2D eigenvalue weighted by Crippen LogP contribution is 2.20. The van der Waals surface area contributed by atoms with Gasteiger partial charge in [-0.05, 0) is 26.0 Å². The average molecular weight is 296 g/mol. The molecular formula is C13H14F2N4O2. The lowest BCUT2D eigenvalue weighted by Gasteiger charge is -2.08. The summed E-state index contributed by atoms with van der Waals surface area (Å²) in [6, 6.07) is 1.81. The zero-order valence-electron chi connectivity index (χ0n) is 11.5. The minimum Gasteiger partial charge on any atom is -0.361 e. The predicted molar refractivity (Wildman–Crippen MR) is 71.3 cm³/mol. The molecule has 1 heterocycles. The van der Waals surface area contributed by atoms with Crippen LogP contribution in [0.3, 0.4) is 0 Å². The number of nitrogens with two attached hydrogens (primary N) is 1. The smallest absolute Gasteiger partial charge is 0.251 e. The molecule has 2 aromatic rings. The first-order valence-electron chi connectivity index (χ1n) is 6.09. The molecule has 0 radical (unpaired) electrons. The molecule has 0 spiro atoms. The maximum Gasteiger partial charge on any atom is 0.251 e. The second kappa shape index (κ2) is 5.88.